The molecule has 1 saturated heterocycles. The van der Waals surface area contributed by atoms with Gasteiger partial charge in [-0.05, 0) is 50.9 Å². The molecule has 2 unspecified atom stereocenters. The number of aliphatic imine (C=N–C) groups is 1. The van der Waals surface area contributed by atoms with Crippen LogP contribution in [0.25, 0.3) is 0 Å². The summed E-state index contributed by atoms with van der Waals surface area (Å²) in [5.41, 5.74) is 0.641. The Kier molecular flexibility index (Phi) is 4.39. The first-order valence-electron chi connectivity index (χ1n) is 11.6. The lowest BCUT2D eigenvalue weighted by Gasteiger charge is -2.50. The number of nitrogens with one attached hydrogen (secondary N) is 2. The van der Waals surface area contributed by atoms with E-state index in [1.54, 1.807) is 0 Å². The van der Waals surface area contributed by atoms with E-state index in [2.05, 4.69) is 31.4 Å². The summed E-state index contributed by atoms with van der Waals surface area (Å²) in [6.07, 6.45) is 7.32. The number of aliphatic hydroxyl groups is 1. The highest BCUT2D eigenvalue weighted by Gasteiger charge is 2.54. The Morgan fingerprint density at radius 2 is 1.90 bits per heavy atom. The van der Waals surface area contributed by atoms with Crippen molar-refractivity contribution in [2.75, 3.05) is 13.1 Å². The molecule has 2 amide bonds. The molecule has 7 heteroatoms. The van der Waals surface area contributed by atoms with Gasteiger partial charge < -0.3 is 15.7 Å². The van der Waals surface area contributed by atoms with Gasteiger partial charge in [-0.2, -0.15) is 0 Å². The molecule has 4 fully saturated rings. The highest BCUT2D eigenvalue weighted by atomic mass is 16.3. The van der Waals surface area contributed by atoms with Gasteiger partial charge >= 0.3 is 6.03 Å². The Morgan fingerprint density at radius 3 is 2.52 bits per heavy atom. The van der Waals surface area contributed by atoms with Crippen LogP contribution in [-0.4, -0.2) is 57.7 Å². The number of amidine groups is 1. The smallest absolute Gasteiger partial charge is 0.327 e. The van der Waals surface area contributed by atoms with Gasteiger partial charge in [-0.25, -0.2) is 9.79 Å². The van der Waals surface area contributed by atoms with E-state index in [9.17, 15) is 9.90 Å². The topological polar surface area (TPSA) is 80.2 Å². The SMILES string of the molecule is CCCN1C(=O)N2C[C@H](C(C)CC)NC2=C2NC(C34CCC(O)(CC3)CC4)=NC21. The Bertz CT molecular complexity index is 751. The zero-order valence-corrected chi connectivity index (χ0v) is 18.0. The fourth-order valence-corrected chi connectivity index (χ4v) is 5.92. The molecule has 3 heterocycles. The Labute approximate surface area is 173 Å². The van der Waals surface area contributed by atoms with Crippen LogP contribution in [0.2, 0.25) is 0 Å². The molecule has 160 valence electrons. The van der Waals surface area contributed by atoms with Crippen molar-refractivity contribution in [2.24, 2.45) is 16.3 Å². The number of amides is 2. The maximum absolute atomic E-state index is 13.3. The number of hydrogen-bond donors (Lipinski definition) is 3. The van der Waals surface area contributed by atoms with Gasteiger partial charge in [-0.15, -0.1) is 0 Å². The molecule has 0 aromatic rings. The van der Waals surface area contributed by atoms with Gasteiger partial charge in [0.25, 0.3) is 0 Å². The molecule has 29 heavy (non-hydrogen) atoms. The second-order valence-corrected chi connectivity index (χ2v) is 9.97. The van der Waals surface area contributed by atoms with E-state index in [-0.39, 0.29) is 23.7 Å². The molecule has 2 bridgehead atoms. The second-order valence-electron chi connectivity index (χ2n) is 9.97. The monoisotopic (exact) mass is 401 g/mol. The predicted octanol–water partition coefficient (Wildman–Crippen LogP) is 2.73. The van der Waals surface area contributed by atoms with Crippen LogP contribution in [0.4, 0.5) is 4.79 Å². The lowest BCUT2D eigenvalue weighted by atomic mass is 9.58. The molecule has 0 aromatic heterocycles. The van der Waals surface area contributed by atoms with Gasteiger partial charge in [-0.1, -0.05) is 27.2 Å². The van der Waals surface area contributed by atoms with Gasteiger partial charge in [0.05, 0.1) is 5.60 Å². The molecule has 3 aliphatic heterocycles. The summed E-state index contributed by atoms with van der Waals surface area (Å²) in [6, 6.07) is 0.372. The van der Waals surface area contributed by atoms with E-state index in [1.807, 2.05) is 9.80 Å². The molecule has 3 aliphatic carbocycles. The molecule has 3 atom stereocenters. The molecule has 0 aromatic carbocycles. The zero-order valence-electron chi connectivity index (χ0n) is 18.0. The summed E-state index contributed by atoms with van der Waals surface area (Å²) >= 11 is 0. The molecule has 0 radical (unpaired) electrons. The maximum atomic E-state index is 13.3. The van der Waals surface area contributed by atoms with Gasteiger partial charge in [0.15, 0.2) is 6.17 Å². The van der Waals surface area contributed by atoms with Gasteiger partial charge in [0.1, 0.15) is 17.4 Å². The number of fused-ring (bicyclic) bond motifs is 5. The normalized spacial score (nSPS) is 39.2. The van der Waals surface area contributed by atoms with Crippen LogP contribution >= 0.6 is 0 Å². The molecule has 7 nitrogen and oxygen atoms in total. The molecule has 3 N–H and O–H groups in total. The summed E-state index contributed by atoms with van der Waals surface area (Å²) in [5, 5.41) is 18.0. The van der Waals surface area contributed by atoms with Crippen molar-refractivity contribution in [3.63, 3.8) is 0 Å². The number of nitrogens with zero attached hydrogens (tertiary/aromatic N) is 3. The minimum absolute atomic E-state index is 0.0376. The summed E-state index contributed by atoms with van der Waals surface area (Å²) < 4.78 is 0. The number of rotatable bonds is 5. The van der Waals surface area contributed by atoms with Crippen molar-refractivity contribution < 1.29 is 9.90 Å². The molecular weight excluding hydrogens is 366 g/mol. The molecule has 6 aliphatic rings. The summed E-state index contributed by atoms with van der Waals surface area (Å²) in [4.78, 5) is 22.3. The van der Waals surface area contributed by atoms with Crippen molar-refractivity contribution in [1.82, 2.24) is 20.4 Å². The Morgan fingerprint density at radius 1 is 1.21 bits per heavy atom. The summed E-state index contributed by atoms with van der Waals surface area (Å²) in [5.74, 6) is 2.50. The van der Waals surface area contributed by atoms with E-state index >= 15 is 0 Å². The van der Waals surface area contributed by atoms with Gasteiger partial charge in [0, 0.05) is 24.5 Å². The quantitative estimate of drug-likeness (QED) is 0.662. The average molecular weight is 402 g/mol. The first-order chi connectivity index (χ1) is 13.9. The lowest BCUT2D eigenvalue weighted by molar-refractivity contribution is -0.0705. The van der Waals surface area contributed by atoms with Crippen molar-refractivity contribution in [1.29, 1.82) is 0 Å². The third-order valence-corrected chi connectivity index (χ3v) is 8.27. The van der Waals surface area contributed by atoms with Crippen LogP contribution in [0, 0.1) is 11.3 Å². The van der Waals surface area contributed by atoms with E-state index in [4.69, 9.17) is 4.99 Å². The third kappa shape index (κ3) is 2.80. The van der Waals surface area contributed by atoms with Crippen molar-refractivity contribution >= 4 is 11.9 Å². The minimum atomic E-state index is -0.451. The van der Waals surface area contributed by atoms with Crippen LogP contribution in [-0.2, 0) is 0 Å². The fraction of sp³-hybridized carbons (Fsp3) is 0.818. The standard InChI is InChI=1S/C22H35N5O2/c1-4-12-26-18-16(17-23-15(14(3)5-2)13-27(17)20(26)28)24-19(25-18)21-6-9-22(29,10-7-21)11-8-21/h14-15,18,23,29H,4-13H2,1-3H3,(H,24,25)/t14?,15-,18?,21?,22?/m1/s1. The predicted molar refractivity (Wildman–Crippen MR) is 112 cm³/mol. The van der Waals surface area contributed by atoms with Crippen molar-refractivity contribution in [3.8, 4) is 0 Å². The number of urea groups is 1. The van der Waals surface area contributed by atoms with Crippen molar-refractivity contribution in [2.45, 2.75) is 89.9 Å². The second kappa shape index (κ2) is 6.62. The van der Waals surface area contributed by atoms with E-state index < -0.39 is 5.60 Å². The van der Waals surface area contributed by atoms with Crippen LogP contribution in [0.1, 0.15) is 72.1 Å². The first kappa shape index (κ1) is 19.2. The Hall–Kier alpha value is -1.76. The minimum Gasteiger partial charge on any atom is -0.390 e. The fourth-order valence-electron chi connectivity index (χ4n) is 5.92. The highest BCUT2D eigenvalue weighted by molar-refractivity contribution is 5.94. The summed E-state index contributed by atoms with van der Waals surface area (Å²) in [6.45, 7) is 8.02. The molecule has 0 spiro atoms. The van der Waals surface area contributed by atoms with Crippen molar-refractivity contribution in [3.05, 3.63) is 11.5 Å². The first-order valence-corrected chi connectivity index (χ1v) is 11.6. The van der Waals surface area contributed by atoms with Crippen LogP contribution in [0.15, 0.2) is 16.5 Å². The number of carbonyl (C=O) groups excluding carboxylic acids is 1. The highest BCUT2D eigenvalue weighted by Crippen LogP contribution is 2.53. The zero-order chi connectivity index (χ0) is 20.4. The van der Waals surface area contributed by atoms with Crippen LogP contribution < -0.4 is 10.6 Å². The number of hydrogen-bond acceptors (Lipinski definition) is 5. The molecule has 6 rings (SSSR count). The van der Waals surface area contributed by atoms with Crippen LogP contribution in [0.3, 0.4) is 0 Å². The Balaban J connectivity index is 1.49. The van der Waals surface area contributed by atoms with E-state index in [1.165, 1.54) is 0 Å². The maximum Gasteiger partial charge on any atom is 0.327 e. The lowest BCUT2D eigenvalue weighted by Crippen LogP contribution is -2.54. The molecular formula is C22H35N5O2. The number of carbonyl (C=O) groups is 1. The van der Waals surface area contributed by atoms with Gasteiger partial charge in [0.2, 0.25) is 0 Å². The average Bonchev–Trinajstić information content (AvgIpc) is 3.37. The van der Waals surface area contributed by atoms with Gasteiger partial charge in [-0.3, -0.25) is 9.80 Å². The van der Waals surface area contributed by atoms with Crippen LogP contribution in [0.5, 0.6) is 0 Å². The largest absolute Gasteiger partial charge is 0.390 e. The van der Waals surface area contributed by atoms with E-state index in [0.29, 0.717) is 5.92 Å². The van der Waals surface area contributed by atoms with E-state index in [0.717, 1.165) is 81.8 Å². The molecule has 3 saturated carbocycles. The third-order valence-electron chi connectivity index (χ3n) is 8.27. The summed E-state index contributed by atoms with van der Waals surface area (Å²) in [7, 11) is 0.